The Morgan fingerprint density at radius 2 is 2.00 bits per heavy atom. The minimum atomic E-state index is -0.267. The van der Waals surface area contributed by atoms with Gasteiger partial charge in [0.15, 0.2) is 0 Å². The summed E-state index contributed by atoms with van der Waals surface area (Å²) in [7, 11) is 1.73. The van der Waals surface area contributed by atoms with E-state index >= 15 is 0 Å². The minimum absolute atomic E-state index is 0.0128. The number of unbranched alkanes of at least 4 members (excludes halogenated alkanes) is 1. The van der Waals surface area contributed by atoms with E-state index in [1.54, 1.807) is 7.11 Å². The molecule has 0 saturated heterocycles. The molecule has 1 aliphatic carbocycles. The first-order chi connectivity index (χ1) is 7.98. The van der Waals surface area contributed by atoms with Gasteiger partial charge in [-0.3, -0.25) is 0 Å². The molecular weight excluding hydrogens is 214 g/mol. The summed E-state index contributed by atoms with van der Waals surface area (Å²) in [5.41, 5.74) is 5.93. The van der Waals surface area contributed by atoms with E-state index in [9.17, 15) is 5.11 Å². The summed E-state index contributed by atoms with van der Waals surface area (Å²) < 4.78 is 5.07. The van der Waals surface area contributed by atoms with Gasteiger partial charge in [0.25, 0.3) is 0 Å². The van der Waals surface area contributed by atoms with Crippen molar-refractivity contribution in [2.45, 2.75) is 58.5 Å². The minimum Gasteiger partial charge on any atom is -0.392 e. The molecule has 1 fully saturated rings. The highest BCUT2D eigenvalue weighted by molar-refractivity contribution is 4.98. The van der Waals surface area contributed by atoms with Crippen molar-refractivity contribution in [1.82, 2.24) is 0 Å². The van der Waals surface area contributed by atoms with Gasteiger partial charge in [0.05, 0.1) is 6.10 Å². The fourth-order valence-corrected chi connectivity index (χ4v) is 3.30. The van der Waals surface area contributed by atoms with Crippen LogP contribution in [0.25, 0.3) is 0 Å². The molecule has 3 N–H and O–H groups in total. The number of methoxy groups -OCH3 is 1. The third-order valence-corrected chi connectivity index (χ3v) is 4.50. The lowest BCUT2D eigenvalue weighted by molar-refractivity contribution is -0.0936. The van der Waals surface area contributed by atoms with Crippen LogP contribution >= 0.6 is 0 Å². The van der Waals surface area contributed by atoms with Crippen LogP contribution in [0.5, 0.6) is 0 Å². The zero-order valence-corrected chi connectivity index (χ0v) is 11.7. The van der Waals surface area contributed by atoms with E-state index in [2.05, 4.69) is 13.8 Å². The van der Waals surface area contributed by atoms with Gasteiger partial charge in [-0.1, -0.05) is 26.7 Å². The third kappa shape index (κ3) is 3.43. The quantitative estimate of drug-likeness (QED) is 0.704. The lowest BCUT2D eigenvalue weighted by Gasteiger charge is -2.49. The molecule has 2 atom stereocenters. The Morgan fingerprint density at radius 1 is 1.29 bits per heavy atom. The monoisotopic (exact) mass is 243 g/mol. The first-order valence-electron chi connectivity index (χ1n) is 6.85. The van der Waals surface area contributed by atoms with Crippen molar-refractivity contribution < 1.29 is 9.84 Å². The van der Waals surface area contributed by atoms with Crippen LogP contribution in [0.4, 0.5) is 0 Å². The molecule has 17 heavy (non-hydrogen) atoms. The Balaban J connectivity index is 2.59. The normalized spacial score (nSPS) is 32.6. The maximum atomic E-state index is 10.6. The molecule has 0 aromatic carbocycles. The first-order valence-corrected chi connectivity index (χ1v) is 6.85. The molecule has 0 spiro atoms. The second-order valence-electron chi connectivity index (χ2n) is 6.26. The van der Waals surface area contributed by atoms with Gasteiger partial charge in [-0.2, -0.15) is 0 Å². The van der Waals surface area contributed by atoms with Crippen molar-refractivity contribution >= 4 is 0 Å². The summed E-state index contributed by atoms with van der Waals surface area (Å²) in [6.07, 6.45) is 6.28. The zero-order valence-electron chi connectivity index (χ0n) is 11.7. The summed E-state index contributed by atoms with van der Waals surface area (Å²) in [4.78, 5) is 0. The fraction of sp³-hybridized carbons (Fsp3) is 1.00. The molecule has 2 unspecified atom stereocenters. The number of ether oxygens (including phenoxy) is 1. The summed E-state index contributed by atoms with van der Waals surface area (Å²) in [5.74, 6) is 0. The molecule has 0 heterocycles. The molecule has 1 aliphatic rings. The molecule has 3 heteroatoms. The number of rotatable bonds is 6. The molecule has 0 aromatic rings. The van der Waals surface area contributed by atoms with Crippen molar-refractivity contribution in [3.63, 3.8) is 0 Å². The van der Waals surface area contributed by atoms with Gasteiger partial charge >= 0.3 is 0 Å². The van der Waals surface area contributed by atoms with E-state index in [-0.39, 0.29) is 16.9 Å². The number of aliphatic hydroxyl groups is 1. The Labute approximate surface area is 106 Å². The summed E-state index contributed by atoms with van der Waals surface area (Å²) in [5, 5.41) is 10.6. The van der Waals surface area contributed by atoms with Crippen LogP contribution in [0.3, 0.4) is 0 Å². The maximum absolute atomic E-state index is 10.6. The lowest BCUT2D eigenvalue weighted by Crippen LogP contribution is -2.52. The van der Waals surface area contributed by atoms with E-state index in [4.69, 9.17) is 10.5 Å². The SMILES string of the molecule is COCCCCC1(CN)CCCC(C)(C)C1O. The zero-order chi connectivity index (χ0) is 12.9. The second-order valence-corrected chi connectivity index (χ2v) is 6.26. The molecule has 0 aliphatic heterocycles. The average Bonchev–Trinajstić information content (AvgIpc) is 2.30. The fourth-order valence-electron chi connectivity index (χ4n) is 3.30. The van der Waals surface area contributed by atoms with Gasteiger partial charge in [0, 0.05) is 25.7 Å². The Kier molecular flexibility index (Phi) is 5.42. The van der Waals surface area contributed by atoms with Gasteiger partial charge in [0.1, 0.15) is 0 Å². The van der Waals surface area contributed by atoms with E-state index in [0.717, 1.165) is 38.7 Å². The topological polar surface area (TPSA) is 55.5 Å². The summed E-state index contributed by atoms with van der Waals surface area (Å²) >= 11 is 0. The van der Waals surface area contributed by atoms with Crippen molar-refractivity contribution in [2.24, 2.45) is 16.6 Å². The number of hydrogen-bond acceptors (Lipinski definition) is 3. The predicted molar refractivity (Wildman–Crippen MR) is 70.9 cm³/mol. The van der Waals surface area contributed by atoms with E-state index in [1.807, 2.05) is 0 Å². The van der Waals surface area contributed by atoms with Gasteiger partial charge in [-0.15, -0.1) is 0 Å². The van der Waals surface area contributed by atoms with E-state index < -0.39 is 0 Å². The van der Waals surface area contributed by atoms with Gasteiger partial charge < -0.3 is 15.6 Å². The number of nitrogens with two attached hydrogens (primary N) is 1. The summed E-state index contributed by atoms with van der Waals surface area (Å²) in [6, 6.07) is 0. The van der Waals surface area contributed by atoms with Crippen LogP contribution in [0, 0.1) is 10.8 Å². The Hall–Kier alpha value is -0.120. The third-order valence-electron chi connectivity index (χ3n) is 4.50. The Bertz CT molecular complexity index is 230. The second kappa shape index (κ2) is 6.17. The van der Waals surface area contributed by atoms with Crippen LogP contribution in [0.15, 0.2) is 0 Å². The van der Waals surface area contributed by atoms with Crippen molar-refractivity contribution in [3.05, 3.63) is 0 Å². The first kappa shape index (κ1) is 14.9. The number of aliphatic hydroxyl groups excluding tert-OH is 1. The van der Waals surface area contributed by atoms with Gasteiger partial charge in [-0.05, 0) is 31.1 Å². The molecule has 3 nitrogen and oxygen atoms in total. The maximum Gasteiger partial charge on any atom is 0.0659 e. The highest BCUT2D eigenvalue weighted by Gasteiger charge is 2.47. The molecule has 102 valence electrons. The van der Waals surface area contributed by atoms with Crippen molar-refractivity contribution in [1.29, 1.82) is 0 Å². The van der Waals surface area contributed by atoms with E-state index in [0.29, 0.717) is 6.54 Å². The molecule has 1 rings (SSSR count). The molecule has 0 amide bonds. The number of hydrogen-bond donors (Lipinski definition) is 2. The lowest BCUT2D eigenvalue weighted by atomic mass is 9.59. The standard InChI is InChI=1S/C14H29NO2/c1-13(2)7-6-9-14(11-15,12(13)16)8-4-5-10-17-3/h12,16H,4-11,15H2,1-3H3. The average molecular weight is 243 g/mol. The van der Waals surface area contributed by atoms with Crippen LogP contribution in [0.2, 0.25) is 0 Å². The van der Waals surface area contributed by atoms with Crippen LogP contribution < -0.4 is 5.73 Å². The molecular formula is C14H29NO2. The summed E-state index contributed by atoms with van der Waals surface area (Å²) in [6.45, 7) is 5.73. The Morgan fingerprint density at radius 3 is 2.59 bits per heavy atom. The van der Waals surface area contributed by atoms with Crippen LogP contribution in [0.1, 0.15) is 52.4 Å². The van der Waals surface area contributed by atoms with Crippen LogP contribution in [-0.2, 0) is 4.74 Å². The highest BCUT2D eigenvalue weighted by atomic mass is 16.5. The van der Waals surface area contributed by atoms with Crippen molar-refractivity contribution in [3.8, 4) is 0 Å². The van der Waals surface area contributed by atoms with Gasteiger partial charge in [0.2, 0.25) is 0 Å². The molecule has 0 aromatic heterocycles. The van der Waals surface area contributed by atoms with Crippen LogP contribution in [-0.4, -0.2) is 31.5 Å². The molecule has 1 saturated carbocycles. The molecule has 0 radical (unpaired) electrons. The molecule has 0 bridgehead atoms. The van der Waals surface area contributed by atoms with Crippen molar-refractivity contribution in [2.75, 3.05) is 20.3 Å². The highest BCUT2D eigenvalue weighted by Crippen LogP contribution is 2.48. The smallest absolute Gasteiger partial charge is 0.0659 e. The van der Waals surface area contributed by atoms with E-state index in [1.165, 1.54) is 6.42 Å². The van der Waals surface area contributed by atoms with Gasteiger partial charge in [-0.25, -0.2) is 0 Å². The predicted octanol–water partition coefficient (Wildman–Crippen LogP) is 2.32. The largest absolute Gasteiger partial charge is 0.392 e.